The molecule has 23 heavy (non-hydrogen) atoms. The lowest BCUT2D eigenvalue weighted by Gasteiger charge is -2.13. The van der Waals surface area contributed by atoms with Crippen LogP contribution in [0.25, 0.3) is 6.08 Å². The summed E-state index contributed by atoms with van der Waals surface area (Å²) in [6.45, 7) is 5.73. The van der Waals surface area contributed by atoms with Gasteiger partial charge in [0.15, 0.2) is 11.5 Å². The quantitative estimate of drug-likeness (QED) is 0.821. The summed E-state index contributed by atoms with van der Waals surface area (Å²) < 4.78 is 11.0. The topological polar surface area (TPSA) is 73.3 Å². The fraction of sp³-hybridized carbons (Fsp3) is 0.312. The Bertz CT molecular complexity index is 710. The van der Waals surface area contributed by atoms with Gasteiger partial charge in [-0.05, 0) is 44.5 Å². The van der Waals surface area contributed by atoms with Gasteiger partial charge in [-0.3, -0.25) is 10.1 Å². The molecule has 0 radical (unpaired) electrons. The van der Waals surface area contributed by atoms with Crippen LogP contribution in [0.1, 0.15) is 24.4 Å². The Hall–Kier alpha value is -2.41. The second-order valence-electron chi connectivity index (χ2n) is 5.03. The maximum Gasteiger partial charge on any atom is 0.250 e. The monoisotopic (exact) mass is 333 g/mol. The van der Waals surface area contributed by atoms with E-state index in [1.54, 1.807) is 13.2 Å². The first-order valence-electron chi connectivity index (χ1n) is 7.12. The molecule has 2 aromatic rings. The summed E-state index contributed by atoms with van der Waals surface area (Å²) in [5.41, 5.74) is 0.835. The van der Waals surface area contributed by atoms with Gasteiger partial charge in [-0.15, -0.1) is 10.2 Å². The Kier molecular flexibility index (Phi) is 5.70. The lowest BCUT2D eigenvalue weighted by molar-refractivity contribution is -0.111. The first-order valence-corrected chi connectivity index (χ1v) is 7.93. The summed E-state index contributed by atoms with van der Waals surface area (Å²) in [6, 6.07) is 5.50. The normalized spacial score (nSPS) is 11.0. The van der Waals surface area contributed by atoms with Crippen LogP contribution in [0.3, 0.4) is 0 Å². The minimum atomic E-state index is -0.261. The number of rotatable bonds is 6. The van der Waals surface area contributed by atoms with Gasteiger partial charge >= 0.3 is 0 Å². The van der Waals surface area contributed by atoms with Crippen LogP contribution in [-0.2, 0) is 4.79 Å². The highest BCUT2D eigenvalue weighted by Crippen LogP contribution is 2.29. The van der Waals surface area contributed by atoms with Gasteiger partial charge in [0.25, 0.3) is 0 Å². The molecule has 1 N–H and O–H groups in total. The van der Waals surface area contributed by atoms with Crippen molar-refractivity contribution in [2.24, 2.45) is 0 Å². The van der Waals surface area contributed by atoms with Gasteiger partial charge in [0.05, 0.1) is 13.2 Å². The molecule has 0 spiro atoms. The third-order valence-electron chi connectivity index (χ3n) is 2.73. The van der Waals surface area contributed by atoms with Gasteiger partial charge in [-0.25, -0.2) is 0 Å². The molecule has 1 aromatic heterocycles. The lowest BCUT2D eigenvalue weighted by Crippen LogP contribution is -2.07. The molecule has 1 heterocycles. The van der Waals surface area contributed by atoms with E-state index in [1.807, 2.05) is 39.0 Å². The number of aryl methyl sites for hydroxylation is 1. The van der Waals surface area contributed by atoms with Crippen molar-refractivity contribution in [1.29, 1.82) is 0 Å². The van der Waals surface area contributed by atoms with Crippen LogP contribution in [-0.4, -0.2) is 29.3 Å². The summed E-state index contributed by atoms with van der Waals surface area (Å²) in [4.78, 5) is 11.8. The van der Waals surface area contributed by atoms with Crippen LogP contribution in [0.15, 0.2) is 24.3 Å². The maximum atomic E-state index is 11.8. The zero-order valence-corrected chi connectivity index (χ0v) is 14.3. The van der Waals surface area contributed by atoms with Gasteiger partial charge < -0.3 is 9.47 Å². The highest BCUT2D eigenvalue weighted by atomic mass is 32.1. The number of methoxy groups -OCH3 is 1. The number of aromatic nitrogens is 2. The number of carbonyl (C=O) groups excluding carboxylic acids is 1. The number of carbonyl (C=O) groups is 1. The van der Waals surface area contributed by atoms with Gasteiger partial charge in [-0.2, -0.15) is 0 Å². The van der Waals surface area contributed by atoms with E-state index in [4.69, 9.17) is 9.47 Å². The number of nitrogens with one attached hydrogen (secondary N) is 1. The Labute approximate surface area is 139 Å². The van der Waals surface area contributed by atoms with Crippen LogP contribution in [0.2, 0.25) is 0 Å². The number of hydrogen-bond acceptors (Lipinski definition) is 6. The van der Waals surface area contributed by atoms with E-state index in [2.05, 4.69) is 15.5 Å². The smallest absolute Gasteiger partial charge is 0.250 e. The first-order chi connectivity index (χ1) is 11.0. The Balaban J connectivity index is 2.05. The van der Waals surface area contributed by atoms with E-state index in [1.165, 1.54) is 17.4 Å². The van der Waals surface area contributed by atoms with Gasteiger partial charge in [0, 0.05) is 6.08 Å². The summed E-state index contributed by atoms with van der Waals surface area (Å²) in [5, 5.41) is 11.6. The average molecular weight is 333 g/mol. The molecule has 1 amide bonds. The molecule has 0 unspecified atom stereocenters. The third-order valence-corrected chi connectivity index (χ3v) is 3.49. The van der Waals surface area contributed by atoms with Crippen LogP contribution >= 0.6 is 11.3 Å². The maximum absolute atomic E-state index is 11.8. The molecule has 0 bridgehead atoms. The number of nitrogens with zero attached hydrogens (tertiary/aromatic N) is 2. The van der Waals surface area contributed by atoms with Crippen molar-refractivity contribution in [3.63, 3.8) is 0 Å². The average Bonchev–Trinajstić information content (AvgIpc) is 2.90. The van der Waals surface area contributed by atoms with Crippen molar-refractivity contribution in [3.05, 3.63) is 34.8 Å². The zero-order valence-electron chi connectivity index (χ0n) is 13.5. The number of hydrogen-bond donors (Lipinski definition) is 1. The fourth-order valence-corrected chi connectivity index (χ4v) is 2.40. The molecule has 1 aromatic carbocycles. The van der Waals surface area contributed by atoms with E-state index >= 15 is 0 Å². The predicted molar refractivity (Wildman–Crippen MR) is 91.1 cm³/mol. The number of benzene rings is 1. The highest BCUT2D eigenvalue weighted by Gasteiger charge is 2.07. The molecule has 7 heteroatoms. The number of ether oxygens (including phenoxy) is 2. The SMILES string of the molecule is COc1cc(C=CC(=O)Nc2nnc(C)s2)ccc1OC(C)C. The summed E-state index contributed by atoms with van der Waals surface area (Å²) in [7, 11) is 1.58. The first kappa shape index (κ1) is 17.0. The minimum absolute atomic E-state index is 0.0615. The van der Waals surface area contributed by atoms with Crippen LogP contribution < -0.4 is 14.8 Å². The third kappa shape index (κ3) is 5.07. The Morgan fingerprint density at radius 3 is 2.70 bits per heavy atom. The molecule has 0 saturated carbocycles. The van der Waals surface area contributed by atoms with Gasteiger partial charge in [0.2, 0.25) is 11.0 Å². The molecule has 122 valence electrons. The zero-order chi connectivity index (χ0) is 16.8. The second-order valence-corrected chi connectivity index (χ2v) is 6.21. The fourth-order valence-electron chi connectivity index (χ4n) is 1.81. The standard InChI is InChI=1S/C16H19N3O3S/c1-10(2)22-13-7-5-12(9-14(13)21-4)6-8-15(20)17-16-19-18-11(3)23-16/h5-10H,1-4H3,(H,17,19,20). The lowest BCUT2D eigenvalue weighted by atomic mass is 10.2. The van der Waals surface area contributed by atoms with Crippen molar-refractivity contribution in [1.82, 2.24) is 10.2 Å². The van der Waals surface area contributed by atoms with Crippen molar-refractivity contribution < 1.29 is 14.3 Å². The van der Waals surface area contributed by atoms with E-state index < -0.39 is 0 Å². The van der Waals surface area contributed by atoms with Crippen LogP contribution in [0, 0.1) is 6.92 Å². The highest BCUT2D eigenvalue weighted by molar-refractivity contribution is 7.15. The van der Waals surface area contributed by atoms with Gasteiger partial charge in [-0.1, -0.05) is 17.4 Å². The molecular weight excluding hydrogens is 314 g/mol. The molecule has 0 aliphatic carbocycles. The van der Waals surface area contributed by atoms with Crippen LogP contribution in [0.4, 0.5) is 5.13 Å². The van der Waals surface area contributed by atoms with E-state index in [0.717, 1.165) is 10.6 Å². The Morgan fingerprint density at radius 1 is 1.30 bits per heavy atom. The summed E-state index contributed by atoms with van der Waals surface area (Å²) >= 11 is 1.33. The number of anilines is 1. The molecule has 0 fully saturated rings. The molecule has 0 aliphatic heterocycles. The Morgan fingerprint density at radius 2 is 2.09 bits per heavy atom. The molecule has 2 rings (SSSR count). The van der Waals surface area contributed by atoms with Crippen molar-refractivity contribution in [2.75, 3.05) is 12.4 Å². The summed E-state index contributed by atoms with van der Waals surface area (Å²) in [5.74, 6) is 1.04. The van der Waals surface area contributed by atoms with Crippen molar-refractivity contribution >= 4 is 28.5 Å². The second kappa shape index (κ2) is 7.73. The largest absolute Gasteiger partial charge is 0.493 e. The van der Waals surface area contributed by atoms with E-state index in [9.17, 15) is 4.79 Å². The summed E-state index contributed by atoms with van der Waals surface area (Å²) in [6.07, 6.45) is 3.20. The van der Waals surface area contributed by atoms with Crippen molar-refractivity contribution in [3.8, 4) is 11.5 Å². The minimum Gasteiger partial charge on any atom is -0.493 e. The molecule has 0 aliphatic rings. The predicted octanol–water partition coefficient (Wildman–Crippen LogP) is 3.29. The van der Waals surface area contributed by atoms with E-state index in [0.29, 0.717) is 16.6 Å². The van der Waals surface area contributed by atoms with Crippen molar-refractivity contribution in [2.45, 2.75) is 26.9 Å². The van der Waals surface area contributed by atoms with E-state index in [-0.39, 0.29) is 12.0 Å². The van der Waals surface area contributed by atoms with Gasteiger partial charge in [0.1, 0.15) is 5.01 Å². The number of amides is 1. The molecule has 0 atom stereocenters. The molecule has 0 saturated heterocycles. The van der Waals surface area contributed by atoms with Crippen LogP contribution in [0.5, 0.6) is 11.5 Å². The molecular formula is C16H19N3O3S. The molecule has 6 nitrogen and oxygen atoms in total.